The summed E-state index contributed by atoms with van der Waals surface area (Å²) in [7, 11) is 0. The van der Waals surface area contributed by atoms with Gasteiger partial charge < -0.3 is 0 Å². The Bertz CT molecular complexity index is 575. The highest BCUT2D eigenvalue weighted by Gasteiger charge is 2.16. The van der Waals surface area contributed by atoms with Crippen LogP contribution in [0.4, 0.5) is 0 Å². The van der Waals surface area contributed by atoms with Gasteiger partial charge in [0.15, 0.2) is 0 Å². The van der Waals surface area contributed by atoms with Crippen LogP contribution in [0.2, 0.25) is 10.0 Å². The third kappa shape index (κ3) is 3.50. The molecule has 0 bridgehead atoms. The van der Waals surface area contributed by atoms with Gasteiger partial charge in [-0.2, -0.15) is 0 Å². The van der Waals surface area contributed by atoms with Crippen LogP contribution in [0.3, 0.4) is 0 Å². The molecule has 100 valence electrons. The van der Waals surface area contributed by atoms with E-state index in [4.69, 9.17) is 29.0 Å². The number of nitrogens with one attached hydrogen (secondary N) is 1. The van der Waals surface area contributed by atoms with Crippen molar-refractivity contribution in [2.75, 3.05) is 0 Å². The van der Waals surface area contributed by atoms with Crippen molar-refractivity contribution in [1.29, 1.82) is 0 Å². The van der Waals surface area contributed by atoms with Gasteiger partial charge in [0.05, 0.1) is 16.1 Å². The molecule has 0 amide bonds. The molecule has 0 spiro atoms. The Hall–Kier alpha value is -0.580. The van der Waals surface area contributed by atoms with Crippen LogP contribution in [-0.4, -0.2) is 0 Å². The van der Waals surface area contributed by atoms with E-state index in [2.05, 4.69) is 21.4 Å². The smallest absolute Gasteiger partial charge is 0.0640 e. The van der Waals surface area contributed by atoms with Crippen molar-refractivity contribution >= 4 is 39.1 Å². The van der Waals surface area contributed by atoms with Crippen molar-refractivity contribution in [2.24, 2.45) is 5.84 Å². The van der Waals surface area contributed by atoms with Gasteiger partial charge in [-0.3, -0.25) is 11.3 Å². The van der Waals surface area contributed by atoms with Crippen LogP contribution in [0.5, 0.6) is 0 Å². The SMILES string of the molecule is NNC(Cc1ccccc1Br)c1cccc(Cl)c1Cl. The normalized spacial score (nSPS) is 12.4. The molecule has 1 unspecified atom stereocenters. The molecule has 5 heteroatoms. The van der Waals surface area contributed by atoms with Crippen molar-refractivity contribution in [3.8, 4) is 0 Å². The third-order valence-corrected chi connectivity index (χ3v) is 4.55. The monoisotopic (exact) mass is 358 g/mol. The number of hydrogen-bond acceptors (Lipinski definition) is 2. The van der Waals surface area contributed by atoms with Gasteiger partial charge in [0.1, 0.15) is 0 Å². The Labute approximate surface area is 131 Å². The van der Waals surface area contributed by atoms with E-state index >= 15 is 0 Å². The summed E-state index contributed by atoms with van der Waals surface area (Å²) >= 11 is 15.8. The maximum Gasteiger partial charge on any atom is 0.0640 e. The van der Waals surface area contributed by atoms with E-state index in [-0.39, 0.29) is 6.04 Å². The maximum absolute atomic E-state index is 6.23. The van der Waals surface area contributed by atoms with Gasteiger partial charge in [-0.25, -0.2) is 0 Å². The van der Waals surface area contributed by atoms with E-state index in [0.717, 1.165) is 22.0 Å². The lowest BCUT2D eigenvalue weighted by atomic mass is 9.99. The molecule has 2 aromatic rings. The lowest BCUT2D eigenvalue weighted by molar-refractivity contribution is 0.551. The number of benzene rings is 2. The second-order valence-electron chi connectivity index (χ2n) is 4.16. The Morgan fingerprint density at radius 1 is 1.11 bits per heavy atom. The number of halogens is 3. The van der Waals surface area contributed by atoms with E-state index in [1.54, 1.807) is 6.07 Å². The van der Waals surface area contributed by atoms with Gasteiger partial charge in [-0.1, -0.05) is 69.5 Å². The highest BCUT2D eigenvalue weighted by atomic mass is 79.9. The molecule has 2 rings (SSSR count). The van der Waals surface area contributed by atoms with Crippen LogP contribution in [0, 0.1) is 0 Å². The molecule has 0 saturated heterocycles. The highest BCUT2D eigenvalue weighted by molar-refractivity contribution is 9.10. The summed E-state index contributed by atoms with van der Waals surface area (Å²) in [6.07, 6.45) is 0.720. The van der Waals surface area contributed by atoms with Crippen molar-refractivity contribution in [2.45, 2.75) is 12.5 Å². The van der Waals surface area contributed by atoms with Gasteiger partial charge >= 0.3 is 0 Å². The molecule has 0 heterocycles. The molecule has 1 atom stereocenters. The zero-order valence-electron chi connectivity index (χ0n) is 10.0. The lowest BCUT2D eigenvalue weighted by Crippen LogP contribution is -2.30. The largest absolute Gasteiger partial charge is 0.271 e. The maximum atomic E-state index is 6.23. The topological polar surface area (TPSA) is 38.0 Å². The van der Waals surface area contributed by atoms with Crippen molar-refractivity contribution < 1.29 is 0 Å². The molecule has 0 fully saturated rings. The Morgan fingerprint density at radius 2 is 1.84 bits per heavy atom. The van der Waals surface area contributed by atoms with Crippen LogP contribution in [0.25, 0.3) is 0 Å². The van der Waals surface area contributed by atoms with Gasteiger partial charge in [-0.05, 0) is 29.7 Å². The first-order valence-corrected chi connectivity index (χ1v) is 7.32. The number of hydrogen-bond donors (Lipinski definition) is 2. The van der Waals surface area contributed by atoms with E-state index < -0.39 is 0 Å². The zero-order valence-corrected chi connectivity index (χ0v) is 13.1. The molecule has 2 aromatic carbocycles. The first kappa shape index (κ1) is 14.8. The van der Waals surface area contributed by atoms with Crippen LogP contribution >= 0.6 is 39.1 Å². The van der Waals surface area contributed by atoms with Gasteiger partial charge in [0.2, 0.25) is 0 Å². The summed E-state index contributed by atoms with van der Waals surface area (Å²) in [5.74, 6) is 5.65. The molecule has 0 saturated carbocycles. The molecular weight excluding hydrogens is 347 g/mol. The fourth-order valence-electron chi connectivity index (χ4n) is 1.93. The van der Waals surface area contributed by atoms with E-state index in [1.165, 1.54) is 0 Å². The lowest BCUT2D eigenvalue weighted by Gasteiger charge is -2.19. The third-order valence-electron chi connectivity index (χ3n) is 2.94. The minimum atomic E-state index is -0.0927. The predicted molar refractivity (Wildman–Crippen MR) is 84.4 cm³/mol. The zero-order chi connectivity index (χ0) is 13.8. The van der Waals surface area contributed by atoms with Crippen molar-refractivity contribution in [3.05, 3.63) is 68.1 Å². The fraction of sp³-hybridized carbons (Fsp3) is 0.143. The molecular formula is C14H13BrCl2N2. The summed E-state index contributed by atoms with van der Waals surface area (Å²) in [6, 6.07) is 13.5. The molecule has 0 aliphatic heterocycles. The quantitative estimate of drug-likeness (QED) is 0.622. The van der Waals surface area contributed by atoms with E-state index in [9.17, 15) is 0 Å². The Balaban J connectivity index is 2.31. The Kier molecular flexibility index (Phi) is 5.25. The fourth-order valence-corrected chi connectivity index (χ4v) is 2.82. The highest BCUT2D eigenvalue weighted by Crippen LogP contribution is 2.32. The number of nitrogens with two attached hydrogens (primary N) is 1. The molecule has 2 nitrogen and oxygen atoms in total. The first-order valence-electron chi connectivity index (χ1n) is 5.77. The second-order valence-corrected chi connectivity index (χ2v) is 5.80. The van der Waals surface area contributed by atoms with E-state index in [0.29, 0.717) is 10.0 Å². The molecule has 0 aliphatic carbocycles. The minimum absolute atomic E-state index is 0.0927. The summed E-state index contributed by atoms with van der Waals surface area (Å²) < 4.78 is 1.05. The number of hydrazine groups is 1. The molecule has 0 radical (unpaired) electrons. The summed E-state index contributed by atoms with van der Waals surface area (Å²) in [6.45, 7) is 0. The van der Waals surface area contributed by atoms with Gasteiger partial charge in [0.25, 0.3) is 0 Å². The number of rotatable bonds is 4. The average Bonchev–Trinajstić information content (AvgIpc) is 2.41. The van der Waals surface area contributed by atoms with Crippen LogP contribution < -0.4 is 11.3 Å². The Morgan fingerprint density at radius 3 is 2.53 bits per heavy atom. The van der Waals surface area contributed by atoms with Crippen molar-refractivity contribution in [3.63, 3.8) is 0 Å². The molecule has 19 heavy (non-hydrogen) atoms. The predicted octanol–water partition coefficient (Wildman–Crippen LogP) is 4.50. The van der Waals surface area contributed by atoms with Crippen LogP contribution in [-0.2, 0) is 6.42 Å². The minimum Gasteiger partial charge on any atom is -0.271 e. The van der Waals surface area contributed by atoms with Gasteiger partial charge in [-0.15, -0.1) is 0 Å². The standard InChI is InChI=1S/C14H13BrCl2N2/c15-11-6-2-1-4-9(11)8-13(19-18)10-5-3-7-12(16)14(10)17/h1-7,13,19H,8,18H2. The summed E-state index contributed by atoms with van der Waals surface area (Å²) in [5.41, 5.74) is 4.85. The summed E-state index contributed by atoms with van der Waals surface area (Å²) in [4.78, 5) is 0. The van der Waals surface area contributed by atoms with Crippen LogP contribution in [0.1, 0.15) is 17.2 Å². The molecule has 3 N–H and O–H groups in total. The molecule has 0 aliphatic rings. The van der Waals surface area contributed by atoms with Crippen molar-refractivity contribution in [1.82, 2.24) is 5.43 Å². The summed E-state index contributed by atoms with van der Waals surface area (Å²) in [5, 5.41) is 1.07. The van der Waals surface area contributed by atoms with Crippen LogP contribution in [0.15, 0.2) is 46.9 Å². The van der Waals surface area contributed by atoms with E-state index in [1.807, 2.05) is 36.4 Å². The second kappa shape index (κ2) is 6.73. The first-order chi connectivity index (χ1) is 9.13. The van der Waals surface area contributed by atoms with Gasteiger partial charge in [0, 0.05) is 4.47 Å². The average molecular weight is 360 g/mol. The molecule has 0 aromatic heterocycles.